The Morgan fingerprint density at radius 2 is 2.64 bits per heavy atom. The summed E-state index contributed by atoms with van der Waals surface area (Å²) in [5.41, 5.74) is 0. The average Bonchev–Trinajstić information content (AvgIpc) is 2.55. The lowest BCUT2D eigenvalue weighted by atomic mass is 10.1. The van der Waals surface area contributed by atoms with E-state index >= 15 is 0 Å². The minimum Gasteiger partial charge on any atom is -0.381 e. The Hall–Kier alpha value is -0.830. The SMILES string of the molecule is Cn1ccnc1C1CCOC1. The Labute approximate surface area is 66.0 Å². The van der Waals surface area contributed by atoms with Gasteiger partial charge in [-0.25, -0.2) is 4.98 Å². The zero-order valence-corrected chi connectivity index (χ0v) is 6.66. The summed E-state index contributed by atoms with van der Waals surface area (Å²) in [6.07, 6.45) is 4.94. The number of aryl methyl sites for hydroxylation is 1. The minimum absolute atomic E-state index is 0.523. The highest BCUT2D eigenvalue weighted by Crippen LogP contribution is 2.22. The number of rotatable bonds is 1. The van der Waals surface area contributed by atoms with Crippen molar-refractivity contribution in [2.24, 2.45) is 7.05 Å². The topological polar surface area (TPSA) is 27.1 Å². The van der Waals surface area contributed by atoms with E-state index < -0.39 is 0 Å². The van der Waals surface area contributed by atoms with Gasteiger partial charge in [0.05, 0.1) is 6.61 Å². The van der Waals surface area contributed by atoms with Crippen LogP contribution in [0.25, 0.3) is 0 Å². The second-order valence-electron chi connectivity index (χ2n) is 2.96. The van der Waals surface area contributed by atoms with Crippen LogP contribution in [0.2, 0.25) is 0 Å². The van der Waals surface area contributed by atoms with Crippen molar-refractivity contribution in [1.82, 2.24) is 9.55 Å². The van der Waals surface area contributed by atoms with Crippen molar-refractivity contribution in [2.45, 2.75) is 12.3 Å². The fraction of sp³-hybridized carbons (Fsp3) is 0.625. The molecule has 11 heavy (non-hydrogen) atoms. The number of ether oxygens (including phenoxy) is 1. The van der Waals surface area contributed by atoms with Crippen molar-refractivity contribution in [3.05, 3.63) is 18.2 Å². The predicted octanol–water partition coefficient (Wildman–Crippen LogP) is 0.924. The first-order valence-electron chi connectivity index (χ1n) is 3.93. The van der Waals surface area contributed by atoms with E-state index in [1.165, 1.54) is 0 Å². The van der Waals surface area contributed by atoms with Crippen LogP contribution < -0.4 is 0 Å². The van der Waals surface area contributed by atoms with Gasteiger partial charge in [-0.3, -0.25) is 0 Å². The molecule has 0 aliphatic carbocycles. The summed E-state index contributed by atoms with van der Waals surface area (Å²) < 4.78 is 7.35. The maximum atomic E-state index is 5.28. The van der Waals surface area contributed by atoms with E-state index in [1.807, 2.05) is 19.4 Å². The lowest BCUT2D eigenvalue weighted by molar-refractivity contribution is 0.193. The molecule has 0 amide bonds. The Kier molecular flexibility index (Phi) is 1.66. The molecule has 0 radical (unpaired) electrons. The van der Waals surface area contributed by atoms with Crippen LogP contribution >= 0.6 is 0 Å². The fourth-order valence-electron chi connectivity index (χ4n) is 1.51. The second-order valence-corrected chi connectivity index (χ2v) is 2.96. The largest absolute Gasteiger partial charge is 0.381 e. The van der Waals surface area contributed by atoms with Gasteiger partial charge in [0.1, 0.15) is 5.82 Å². The van der Waals surface area contributed by atoms with Crippen molar-refractivity contribution >= 4 is 0 Å². The van der Waals surface area contributed by atoms with E-state index in [-0.39, 0.29) is 0 Å². The smallest absolute Gasteiger partial charge is 0.113 e. The van der Waals surface area contributed by atoms with Gasteiger partial charge < -0.3 is 9.30 Å². The van der Waals surface area contributed by atoms with Gasteiger partial charge >= 0.3 is 0 Å². The number of nitrogens with zero attached hydrogens (tertiary/aromatic N) is 2. The van der Waals surface area contributed by atoms with Crippen LogP contribution in [0, 0.1) is 0 Å². The Morgan fingerprint density at radius 1 is 1.73 bits per heavy atom. The third-order valence-electron chi connectivity index (χ3n) is 2.15. The molecule has 1 saturated heterocycles. The maximum Gasteiger partial charge on any atom is 0.113 e. The molecule has 1 aliphatic heterocycles. The summed E-state index contributed by atoms with van der Waals surface area (Å²) in [4.78, 5) is 4.28. The van der Waals surface area contributed by atoms with Crippen LogP contribution in [0.4, 0.5) is 0 Å². The van der Waals surface area contributed by atoms with Crippen LogP contribution in [0.15, 0.2) is 12.4 Å². The van der Waals surface area contributed by atoms with Gasteiger partial charge in [0.25, 0.3) is 0 Å². The molecule has 0 saturated carbocycles. The molecule has 1 atom stereocenters. The molecule has 60 valence electrons. The fourth-order valence-corrected chi connectivity index (χ4v) is 1.51. The zero-order chi connectivity index (χ0) is 7.68. The van der Waals surface area contributed by atoms with E-state index in [4.69, 9.17) is 4.74 Å². The molecule has 1 unspecified atom stereocenters. The van der Waals surface area contributed by atoms with E-state index in [0.29, 0.717) is 5.92 Å². The van der Waals surface area contributed by atoms with Gasteiger partial charge in [0.2, 0.25) is 0 Å². The molecular formula is C8H12N2O. The molecule has 3 heteroatoms. The molecule has 1 aromatic heterocycles. The van der Waals surface area contributed by atoms with Gasteiger partial charge in [0.15, 0.2) is 0 Å². The summed E-state index contributed by atoms with van der Waals surface area (Å²) in [5.74, 6) is 1.68. The number of hydrogen-bond donors (Lipinski definition) is 0. The monoisotopic (exact) mass is 152 g/mol. The Balaban J connectivity index is 2.21. The third-order valence-corrected chi connectivity index (χ3v) is 2.15. The second kappa shape index (κ2) is 2.66. The van der Waals surface area contributed by atoms with Gasteiger partial charge in [-0.05, 0) is 6.42 Å². The Morgan fingerprint density at radius 3 is 3.18 bits per heavy atom. The van der Waals surface area contributed by atoms with Crippen LogP contribution in [-0.2, 0) is 11.8 Å². The maximum absolute atomic E-state index is 5.28. The van der Waals surface area contributed by atoms with E-state index in [0.717, 1.165) is 25.5 Å². The van der Waals surface area contributed by atoms with E-state index in [2.05, 4.69) is 9.55 Å². The highest BCUT2D eigenvalue weighted by molar-refractivity contribution is 5.01. The first-order valence-corrected chi connectivity index (χ1v) is 3.93. The third kappa shape index (κ3) is 1.16. The molecule has 0 bridgehead atoms. The standard InChI is InChI=1S/C8H12N2O/c1-10-4-3-9-8(10)7-2-5-11-6-7/h3-4,7H,2,5-6H2,1H3. The van der Waals surface area contributed by atoms with Crippen molar-refractivity contribution in [3.8, 4) is 0 Å². The lowest BCUT2D eigenvalue weighted by Gasteiger charge is -2.05. The zero-order valence-electron chi connectivity index (χ0n) is 6.66. The van der Waals surface area contributed by atoms with Gasteiger partial charge in [-0.15, -0.1) is 0 Å². The Bertz CT molecular complexity index is 238. The van der Waals surface area contributed by atoms with E-state index in [1.54, 1.807) is 0 Å². The molecule has 1 fully saturated rings. The molecule has 1 aliphatic rings. The minimum atomic E-state index is 0.523. The van der Waals surface area contributed by atoms with Gasteiger partial charge in [-0.2, -0.15) is 0 Å². The van der Waals surface area contributed by atoms with Gasteiger partial charge in [-0.1, -0.05) is 0 Å². The average molecular weight is 152 g/mol. The quantitative estimate of drug-likeness (QED) is 0.598. The first kappa shape index (κ1) is 6.85. The van der Waals surface area contributed by atoms with Crippen LogP contribution in [0.5, 0.6) is 0 Å². The molecule has 0 N–H and O–H groups in total. The summed E-state index contributed by atoms with van der Waals surface area (Å²) in [6.45, 7) is 1.72. The summed E-state index contributed by atoms with van der Waals surface area (Å²) >= 11 is 0. The summed E-state index contributed by atoms with van der Waals surface area (Å²) in [6, 6.07) is 0. The normalized spacial score (nSPS) is 24.3. The lowest BCUT2D eigenvalue weighted by Crippen LogP contribution is -2.05. The van der Waals surface area contributed by atoms with Gasteiger partial charge in [0, 0.05) is 32.0 Å². The highest BCUT2D eigenvalue weighted by Gasteiger charge is 2.20. The van der Waals surface area contributed by atoms with Crippen molar-refractivity contribution in [1.29, 1.82) is 0 Å². The van der Waals surface area contributed by atoms with Crippen LogP contribution in [0.3, 0.4) is 0 Å². The van der Waals surface area contributed by atoms with Crippen molar-refractivity contribution in [2.75, 3.05) is 13.2 Å². The number of hydrogen-bond acceptors (Lipinski definition) is 2. The molecular weight excluding hydrogens is 140 g/mol. The summed E-state index contributed by atoms with van der Waals surface area (Å²) in [7, 11) is 2.03. The van der Waals surface area contributed by atoms with Crippen molar-refractivity contribution in [3.63, 3.8) is 0 Å². The number of imidazole rings is 1. The number of aromatic nitrogens is 2. The molecule has 0 aromatic carbocycles. The summed E-state index contributed by atoms with van der Waals surface area (Å²) in [5, 5.41) is 0. The molecule has 3 nitrogen and oxygen atoms in total. The predicted molar refractivity (Wildman–Crippen MR) is 41.4 cm³/mol. The highest BCUT2D eigenvalue weighted by atomic mass is 16.5. The van der Waals surface area contributed by atoms with E-state index in [9.17, 15) is 0 Å². The van der Waals surface area contributed by atoms with Crippen molar-refractivity contribution < 1.29 is 4.74 Å². The molecule has 1 aromatic rings. The van der Waals surface area contributed by atoms with Crippen LogP contribution in [0.1, 0.15) is 18.2 Å². The molecule has 2 heterocycles. The first-order chi connectivity index (χ1) is 5.38. The van der Waals surface area contributed by atoms with Crippen LogP contribution in [-0.4, -0.2) is 22.8 Å². The molecule has 2 rings (SSSR count). The molecule has 0 spiro atoms.